The van der Waals surface area contributed by atoms with Gasteiger partial charge in [-0.25, -0.2) is 4.79 Å². The maximum absolute atomic E-state index is 10.8. The third kappa shape index (κ3) is 10.6. The molecule has 0 saturated carbocycles. The van der Waals surface area contributed by atoms with Gasteiger partial charge >= 0.3 is 5.97 Å². The fourth-order valence-corrected chi connectivity index (χ4v) is 2.24. The molecule has 0 N–H and O–H groups in total. The Morgan fingerprint density at radius 2 is 1.54 bits per heavy atom. The SMILES string of the molecule is C#CCCCCOCc1ccccc1COCCCCC#CC(=O)OC. The molecule has 26 heavy (non-hydrogen) atoms. The summed E-state index contributed by atoms with van der Waals surface area (Å²) in [4.78, 5) is 10.8. The van der Waals surface area contributed by atoms with Gasteiger partial charge in [-0.3, -0.25) is 0 Å². The van der Waals surface area contributed by atoms with Gasteiger partial charge in [0.1, 0.15) is 0 Å². The second kappa shape index (κ2) is 15.0. The van der Waals surface area contributed by atoms with Crippen molar-refractivity contribution in [3.05, 3.63) is 35.4 Å². The molecule has 0 bridgehead atoms. The number of benzene rings is 1. The van der Waals surface area contributed by atoms with E-state index in [4.69, 9.17) is 15.9 Å². The Bertz CT molecular complexity index is 619. The van der Waals surface area contributed by atoms with E-state index in [2.05, 4.69) is 34.6 Å². The van der Waals surface area contributed by atoms with Crippen molar-refractivity contribution in [2.24, 2.45) is 0 Å². The summed E-state index contributed by atoms with van der Waals surface area (Å²) in [5.41, 5.74) is 2.31. The van der Waals surface area contributed by atoms with Crippen molar-refractivity contribution in [3.63, 3.8) is 0 Å². The quantitative estimate of drug-likeness (QED) is 0.247. The number of terminal acetylenes is 1. The van der Waals surface area contributed by atoms with Crippen LogP contribution in [0.2, 0.25) is 0 Å². The number of methoxy groups -OCH3 is 1. The fraction of sp³-hybridized carbons (Fsp3) is 0.500. The Hall–Kier alpha value is -2.27. The van der Waals surface area contributed by atoms with Crippen LogP contribution in [0.15, 0.2) is 24.3 Å². The minimum Gasteiger partial charge on any atom is -0.459 e. The highest BCUT2D eigenvalue weighted by Crippen LogP contribution is 2.12. The molecule has 0 unspecified atom stereocenters. The minimum atomic E-state index is -0.490. The summed E-state index contributed by atoms with van der Waals surface area (Å²) in [7, 11) is 1.33. The summed E-state index contributed by atoms with van der Waals surface area (Å²) in [6.45, 7) is 2.56. The maximum Gasteiger partial charge on any atom is 0.384 e. The van der Waals surface area contributed by atoms with Crippen molar-refractivity contribution >= 4 is 5.97 Å². The van der Waals surface area contributed by atoms with Gasteiger partial charge in [-0.1, -0.05) is 30.2 Å². The lowest BCUT2D eigenvalue weighted by molar-refractivity contribution is -0.133. The first kappa shape index (κ1) is 21.8. The zero-order chi connectivity index (χ0) is 18.9. The van der Waals surface area contributed by atoms with Gasteiger partial charge in [0.2, 0.25) is 0 Å². The molecule has 0 aromatic heterocycles. The summed E-state index contributed by atoms with van der Waals surface area (Å²) in [6, 6.07) is 8.17. The summed E-state index contributed by atoms with van der Waals surface area (Å²) in [6.07, 6.45) is 10.5. The van der Waals surface area contributed by atoms with E-state index in [1.807, 2.05) is 12.1 Å². The van der Waals surface area contributed by atoms with Crippen molar-refractivity contribution in [2.45, 2.75) is 51.7 Å². The third-order valence-electron chi connectivity index (χ3n) is 3.71. The van der Waals surface area contributed by atoms with E-state index >= 15 is 0 Å². The number of unbranched alkanes of at least 4 members (excludes halogenated alkanes) is 4. The molecular formula is C22H28O4. The predicted octanol–water partition coefficient (Wildman–Crippen LogP) is 3.87. The molecule has 0 atom stereocenters. The summed E-state index contributed by atoms with van der Waals surface area (Å²) >= 11 is 0. The highest BCUT2D eigenvalue weighted by molar-refractivity contribution is 5.88. The molecule has 1 aromatic carbocycles. The molecule has 0 radical (unpaired) electrons. The number of carbonyl (C=O) groups is 1. The van der Waals surface area contributed by atoms with Crippen LogP contribution in [0.4, 0.5) is 0 Å². The number of hydrogen-bond acceptors (Lipinski definition) is 4. The highest BCUT2D eigenvalue weighted by Gasteiger charge is 2.02. The Morgan fingerprint density at radius 1 is 0.962 bits per heavy atom. The van der Waals surface area contributed by atoms with Crippen LogP contribution in [-0.2, 0) is 32.2 Å². The Balaban J connectivity index is 2.19. The molecule has 4 heteroatoms. The first-order valence-corrected chi connectivity index (χ1v) is 9.00. The molecule has 1 rings (SSSR count). The lowest BCUT2D eigenvalue weighted by atomic mass is 10.1. The van der Waals surface area contributed by atoms with Crippen molar-refractivity contribution in [1.82, 2.24) is 0 Å². The lowest BCUT2D eigenvalue weighted by Crippen LogP contribution is -2.02. The molecule has 0 aliphatic heterocycles. The first-order chi connectivity index (χ1) is 12.8. The van der Waals surface area contributed by atoms with Gasteiger partial charge in [-0.05, 0) is 36.8 Å². The van der Waals surface area contributed by atoms with Gasteiger partial charge in [0, 0.05) is 32.0 Å². The molecule has 4 nitrogen and oxygen atoms in total. The largest absolute Gasteiger partial charge is 0.459 e. The molecule has 0 heterocycles. The van der Waals surface area contributed by atoms with E-state index in [9.17, 15) is 4.79 Å². The second-order valence-electron chi connectivity index (χ2n) is 5.79. The Kier molecular flexibility index (Phi) is 12.6. The first-order valence-electron chi connectivity index (χ1n) is 9.00. The summed E-state index contributed by atoms with van der Waals surface area (Å²) < 4.78 is 15.9. The van der Waals surface area contributed by atoms with Crippen molar-refractivity contribution in [2.75, 3.05) is 20.3 Å². The average Bonchev–Trinajstić information content (AvgIpc) is 2.67. The molecule has 0 saturated heterocycles. The van der Waals surface area contributed by atoms with Crippen LogP contribution in [0.1, 0.15) is 49.7 Å². The zero-order valence-corrected chi connectivity index (χ0v) is 15.6. The normalized spacial score (nSPS) is 9.85. The second-order valence-corrected chi connectivity index (χ2v) is 5.79. The van der Waals surface area contributed by atoms with E-state index < -0.39 is 5.97 Å². The number of esters is 1. The van der Waals surface area contributed by atoms with E-state index in [0.717, 1.165) is 49.8 Å². The Labute approximate surface area is 157 Å². The Morgan fingerprint density at radius 3 is 2.08 bits per heavy atom. The van der Waals surface area contributed by atoms with Crippen LogP contribution < -0.4 is 0 Å². The summed E-state index contributed by atoms with van der Waals surface area (Å²) in [5.74, 6) is 7.35. The van der Waals surface area contributed by atoms with Gasteiger partial charge in [0.15, 0.2) is 0 Å². The van der Waals surface area contributed by atoms with Crippen LogP contribution in [0, 0.1) is 24.2 Å². The minimum absolute atomic E-state index is 0.490. The number of hydrogen-bond donors (Lipinski definition) is 0. The van der Waals surface area contributed by atoms with Crippen molar-refractivity contribution < 1.29 is 19.0 Å². The summed E-state index contributed by atoms with van der Waals surface area (Å²) in [5, 5.41) is 0. The van der Waals surface area contributed by atoms with Gasteiger partial charge in [0.05, 0.1) is 20.3 Å². The van der Waals surface area contributed by atoms with Gasteiger partial charge in [-0.2, -0.15) is 0 Å². The van der Waals surface area contributed by atoms with E-state index in [-0.39, 0.29) is 0 Å². The number of carbonyl (C=O) groups excluding carboxylic acids is 1. The maximum atomic E-state index is 10.8. The topological polar surface area (TPSA) is 44.8 Å². The standard InChI is InChI=1S/C22H28O4/c1-3-4-5-11-16-25-18-20-13-9-10-14-21(20)19-26-17-12-7-6-8-15-22(23)24-2/h1,9-10,13-14H,4-7,11-12,16-19H2,2H3. The van der Waals surface area contributed by atoms with Gasteiger partial charge in [0.25, 0.3) is 0 Å². The van der Waals surface area contributed by atoms with Crippen LogP contribution in [0.3, 0.4) is 0 Å². The van der Waals surface area contributed by atoms with Gasteiger partial charge < -0.3 is 14.2 Å². The predicted molar refractivity (Wildman–Crippen MR) is 102 cm³/mol. The smallest absolute Gasteiger partial charge is 0.384 e. The monoisotopic (exact) mass is 356 g/mol. The number of rotatable bonds is 12. The fourth-order valence-electron chi connectivity index (χ4n) is 2.24. The third-order valence-corrected chi connectivity index (χ3v) is 3.71. The molecule has 0 spiro atoms. The molecule has 1 aromatic rings. The van der Waals surface area contributed by atoms with E-state index in [0.29, 0.717) is 26.2 Å². The zero-order valence-electron chi connectivity index (χ0n) is 15.6. The van der Waals surface area contributed by atoms with Crippen molar-refractivity contribution in [1.29, 1.82) is 0 Å². The van der Waals surface area contributed by atoms with Crippen LogP contribution in [0.25, 0.3) is 0 Å². The van der Waals surface area contributed by atoms with Crippen molar-refractivity contribution in [3.8, 4) is 24.2 Å². The number of ether oxygens (including phenoxy) is 3. The molecule has 140 valence electrons. The van der Waals surface area contributed by atoms with Crippen LogP contribution in [0.5, 0.6) is 0 Å². The highest BCUT2D eigenvalue weighted by atomic mass is 16.5. The molecular weight excluding hydrogens is 328 g/mol. The molecule has 0 fully saturated rings. The van der Waals surface area contributed by atoms with E-state index in [1.54, 1.807) is 0 Å². The van der Waals surface area contributed by atoms with Gasteiger partial charge in [-0.15, -0.1) is 12.3 Å². The average molecular weight is 356 g/mol. The van der Waals surface area contributed by atoms with Crippen LogP contribution in [-0.4, -0.2) is 26.3 Å². The molecule has 0 amide bonds. The molecule has 0 aliphatic rings. The van der Waals surface area contributed by atoms with Crippen LogP contribution >= 0.6 is 0 Å². The molecule has 0 aliphatic carbocycles. The lowest BCUT2D eigenvalue weighted by Gasteiger charge is -2.10. The van der Waals surface area contributed by atoms with E-state index in [1.165, 1.54) is 7.11 Å².